The van der Waals surface area contributed by atoms with Crippen molar-refractivity contribution < 1.29 is 9.90 Å². The highest BCUT2D eigenvalue weighted by Gasteiger charge is 1.97. The molecule has 2 heteroatoms. The maximum absolute atomic E-state index is 10.3. The van der Waals surface area contributed by atoms with Crippen LogP contribution in [0.5, 0.6) is 0 Å². The summed E-state index contributed by atoms with van der Waals surface area (Å²) in [5, 5.41) is 8.45. The summed E-state index contributed by atoms with van der Waals surface area (Å²) in [5.41, 5.74) is 3.81. The summed E-state index contributed by atoms with van der Waals surface area (Å²) < 4.78 is 0. The van der Waals surface area contributed by atoms with Gasteiger partial charge in [-0.1, -0.05) is 72.8 Å². The highest BCUT2D eigenvalue weighted by Crippen LogP contribution is 2.19. The number of hydrogen-bond acceptors (Lipinski definition) is 1. The van der Waals surface area contributed by atoms with E-state index in [-0.39, 0.29) is 0 Å². The van der Waals surface area contributed by atoms with Crippen LogP contribution in [0.2, 0.25) is 0 Å². The molecule has 0 spiro atoms. The number of hydrogen-bond donors (Lipinski definition) is 1. The van der Waals surface area contributed by atoms with E-state index in [0.29, 0.717) is 0 Å². The van der Waals surface area contributed by atoms with Gasteiger partial charge < -0.3 is 5.11 Å². The van der Waals surface area contributed by atoms with Gasteiger partial charge >= 0.3 is 5.97 Å². The molecule has 0 aromatic heterocycles. The van der Waals surface area contributed by atoms with Crippen molar-refractivity contribution in [1.29, 1.82) is 0 Å². The van der Waals surface area contributed by atoms with Crippen LogP contribution in [-0.4, -0.2) is 11.1 Å². The molecule has 0 saturated carbocycles. The molecule has 0 heterocycles. The number of rotatable bonds is 7. The fourth-order valence-electron chi connectivity index (χ4n) is 2.23. The Hall–Kier alpha value is -2.61. The second kappa shape index (κ2) is 8.63. The maximum Gasteiger partial charge on any atom is 0.328 e. The lowest BCUT2D eigenvalue weighted by molar-refractivity contribution is -0.131. The SMILES string of the molecule is O=C(O)C=CC=CCCCc1ccc(-c2ccccc2)cc1. The zero-order valence-electron chi connectivity index (χ0n) is 12.5. The van der Waals surface area contributed by atoms with E-state index in [4.69, 9.17) is 5.11 Å². The van der Waals surface area contributed by atoms with Gasteiger partial charge in [-0.3, -0.25) is 0 Å². The van der Waals surface area contributed by atoms with Crippen LogP contribution in [0.15, 0.2) is 78.9 Å². The predicted molar refractivity (Wildman–Crippen MR) is 90.7 cm³/mol. The highest BCUT2D eigenvalue weighted by atomic mass is 16.4. The van der Waals surface area contributed by atoms with Gasteiger partial charge in [0, 0.05) is 6.08 Å². The first-order chi connectivity index (χ1) is 10.8. The first-order valence-electron chi connectivity index (χ1n) is 7.46. The monoisotopic (exact) mass is 292 g/mol. The molecule has 0 unspecified atom stereocenters. The van der Waals surface area contributed by atoms with Crippen molar-refractivity contribution in [1.82, 2.24) is 0 Å². The molecule has 0 amide bonds. The fourth-order valence-corrected chi connectivity index (χ4v) is 2.23. The molecule has 22 heavy (non-hydrogen) atoms. The van der Waals surface area contributed by atoms with Gasteiger partial charge in [0.05, 0.1) is 0 Å². The minimum atomic E-state index is -0.914. The number of aliphatic carboxylic acids is 1. The van der Waals surface area contributed by atoms with Crippen molar-refractivity contribution >= 4 is 5.97 Å². The van der Waals surface area contributed by atoms with E-state index >= 15 is 0 Å². The lowest BCUT2D eigenvalue weighted by atomic mass is 10.0. The fraction of sp³-hybridized carbons (Fsp3) is 0.150. The minimum absolute atomic E-state index is 0.914. The number of carboxylic acid groups (broad SMARTS) is 1. The Morgan fingerprint density at radius 3 is 2.27 bits per heavy atom. The second-order valence-electron chi connectivity index (χ2n) is 5.08. The van der Waals surface area contributed by atoms with Crippen molar-refractivity contribution in [3.8, 4) is 11.1 Å². The summed E-state index contributed by atoms with van der Waals surface area (Å²) in [7, 11) is 0. The number of aryl methyl sites for hydroxylation is 1. The molecule has 112 valence electrons. The summed E-state index contributed by atoms with van der Waals surface area (Å²) in [4.78, 5) is 10.3. The molecule has 0 saturated heterocycles. The Balaban J connectivity index is 1.79. The quantitative estimate of drug-likeness (QED) is 0.449. The smallest absolute Gasteiger partial charge is 0.328 e. The molecule has 2 aromatic carbocycles. The first kappa shape index (κ1) is 15.8. The van der Waals surface area contributed by atoms with Gasteiger partial charge in [-0.2, -0.15) is 0 Å². The second-order valence-corrected chi connectivity index (χ2v) is 5.08. The van der Waals surface area contributed by atoms with E-state index in [0.717, 1.165) is 25.3 Å². The molecule has 2 nitrogen and oxygen atoms in total. The van der Waals surface area contributed by atoms with Crippen LogP contribution >= 0.6 is 0 Å². The largest absolute Gasteiger partial charge is 0.478 e. The summed E-state index contributed by atoms with van der Waals surface area (Å²) >= 11 is 0. The van der Waals surface area contributed by atoms with E-state index in [1.165, 1.54) is 16.7 Å². The van der Waals surface area contributed by atoms with E-state index < -0.39 is 5.97 Å². The van der Waals surface area contributed by atoms with Crippen molar-refractivity contribution in [2.45, 2.75) is 19.3 Å². The molecule has 2 rings (SSSR count). The lowest BCUT2D eigenvalue weighted by Gasteiger charge is -2.04. The van der Waals surface area contributed by atoms with Crippen LogP contribution in [0.1, 0.15) is 18.4 Å². The molecule has 0 fully saturated rings. The van der Waals surface area contributed by atoms with Crippen LogP contribution < -0.4 is 0 Å². The van der Waals surface area contributed by atoms with Gasteiger partial charge in [-0.05, 0) is 36.0 Å². The molecule has 0 bridgehead atoms. The average molecular weight is 292 g/mol. The Kier molecular flexibility index (Phi) is 6.18. The van der Waals surface area contributed by atoms with Crippen LogP contribution in [-0.2, 0) is 11.2 Å². The standard InChI is InChI=1S/C20H20O2/c21-20(22)12-8-3-1-2-5-9-17-13-15-19(16-14-17)18-10-6-4-7-11-18/h1,3-4,6-8,10-16H,2,5,9H2,(H,21,22). The number of unbranched alkanes of at least 4 members (excludes halogenated alkanes) is 1. The average Bonchev–Trinajstić information content (AvgIpc) is 2.55. The van der Waals surface area contributed by atoms with Crippen molar-refractivity contribution in [2.24, 2.45) is 0 Å². The third-order valence-corrected chi connectivity index (χ3v) is 3.38. The van der Waals surface area contributed by atoms with Crippen LogP contribution in [0.25, 0.3) is 11.1 Å². The van der Waals surface area contributed by atoms with Crippen molar-refractivity contribution in [2.75, 3.05) is 0 Å². The van der Waals surface area contributed by atoms with Gasteiger partial charge in [0.25, 0.3) is 0 Å². The van der Waals surface area contributed by atoms with Crippen LogP contribution in [0, 0.1) is 0 Å². The molecule has 0 aliphatic rings. The Morgan fingerprint density at radius 1 is 0.909 bits per heavy atom. The molecule has 2 aromatic rings. The maximum atomic E-state index is 10.3. The van der Waals surface area contributed by atoms with E-state index in [1.807, 2.05) is 24.3 Å². The number of carboxylic acids is 1. The van der Waals surface area contributed by atoms with Gasteiger partial charge in [0.2, 0.25) is 0 Å². The molecule has 0 aliphatic carbocycles. The third kappa shape index (κ3) is 5.41. The number of allylic oxidation sites excluding steroid dienone is 3. The Bertz CT molecular complexity index is 637. The van der Waals surface area contributed by atoms with E-state index in [1.54, 1.807) is 12.2 Å². The zero-order chi connectivity index (χ0) is 15.6. The summed E-state index contributed by atoms with van der Waals surface area (Å²) in [6.07, 6.45) is 9.51. The third-order valence-electron chi connectivity index (χ3n) is 3.38. The molecular formula is C20H20O2. The topological polar surface area (TPSA) is 37.3 Å². The van der Waals surface area contributed by atoms with Gasteiger partial charge in [0.1, 0.15) is 0 Å². The normalized spacial score (nSPS) is 11.3. The Morgan fingerprint density at radius 2 is 1.59 bits per heavy atom. The summed E-state index contributed by atoms with van der Waals surface area (Å²) in [6.45, 7) is 0. The minimum Gasteiger partial charge on any atom is -0.478 e. The number of carbonyl (C=O) groups is 1. The number of benzene rings is 2. The van der Waals surface area contributed by atoms with Crippen LogP contribution in [0.4, 0.5) is 0 Å². The molecule has 0 radical (unpaired) electrons. The summed E-state index contributed by atoms with van der Waals surface area (Å²) in [6, 6.07) is 19.0. The molecule has 0 aliphatic heterocycles. The van der Waals surface area contributed by atoms with Gasteiger partial charge in [-0.15, -0.1) is 0 Å². The zero-order valence-corrected chi connectivity index (χ0v) is 12.5. The molecule has 1 N–H and O–H groups in total. The van der Waals surface area contributed by atoms with Crippen LogP contribution in [0.3, 0.4) is 0 Å². The van der Waals surface area contributed by atoms with E-state index in [9.17, 15) is 4.79 Å². The van der Waals surface area contributed by atoms with Crippen molar-refractivity contribution in [3.05, 3.63) is 84.5 Å². The van der Waals surface area contributed by atoms with Gasteiger partial charge in [0.15, 0.2) is 0 Å². The van der Waals surface area contributed by atoms with E-state index in [2.05, 4.69) is 36.4 Å². The van der Waals surface area contributed by atoms with Gasteiger partial charge in [-0.25, -0.2) is 4.79 Å². The predicted octanol–water partition coefficient (Wildman–Crippen LogP) is 4.87. The Labute approximate surface area is 131 Å². The molecule has 0 atom stereocenters. The van der Waals surface area contributed by atoms with Crippen molar-refractivity contribution in [3.63, 3.8) is 0 Å². The summed E-state index contributed by atoms with van der Waals surface area (Å²) in [5.74, 6) is -0.914. The lowest BCUT2D eigenvalue weighted by Crippen LogP contribution is -1.85. The first-order valence-corrected chi connectivity index (χ1v) is 7.46. The highest BCUT2D eigenvalue weighted by molar-refractivity contribution is 5.80. The molecular weight excluding hydrogens is 272 g/mol.